The van der Waals surface area contributed by atoms with Crippen molar-refractivity contribution in [3.8, 4) is 22.8 Å². The third-order valence-corrected chi connectivity index (χ3v) is 7.59. The van der Waals surface area contributed by atoms with Gasteiger partial charge in [-0.1, -0.05) is 18.2 Å². The van der Waals surface area contributed by atoms with E-state index in [1.807, 2.05) is 30.3 Å². The number of fused-ring (bicyclic) bond motifs is 1. The highest BCUT2D eigenvalue weighted by atomic mass is 32.2. The quantitative estimate of drug-likeness (QED) is 0.116. The Bertz CT molecular complexity index is 1970. The van der Waals surface area contributed by atoms with Crippen LogP contribution < -0.4 is 10.5 Å². The minimum atomic E-state index is -4.68. The molecular formula is C28H22F4N6O4S. The maximum Gasteiger partial charge on any atom is 0.258 e. The molecule has 1 amide bonds. The van der Waals surface area contributed by atoms with Crippen LogP contribution in [0.15, 0.2) is 65.8 Å². The van der Waals surface area contributed by atoms with E-state index in [4.69, 9.17) is 10.5 Å². The number of amides is 1. The molecule has 0 aliphatic rings. The number of nitrogen functional groups attached to an aromatic ring is 1. The molecule has 2 N–H and O–H groups in total. The Kier molecular flexibility index (Phi) is 7.75. The average molecular weight is 615 g/mol. The summed E-state index contributed by atoms with van der Waals surface area (Å²) < 4.78 is 88.3. The van der Waals surface area contributed by atoms with Gasteiger partial charge in [-0.3, -0.25) is 4.79 Å². The number of halogens is 4. The zero-order valence-electron chi connectivity index (χ0n) is 22.6. The van der Waals surface area contributed by atoms with Crippen LogP contribution in [-0.4, -0.2) is 58.8 Å². The van der Waals surface area contributed by atoms with Crippen molar-refractivity contribution in [2.45, 2.75) is 11.4 Å². The number of anilines is 1. The highest BCUT2D eigenvalue weighted by Crippen LogP contribution is 2.32. The van der Waals surface area contributed by atoms with Gasteiger partial charge in [-0.15, -0.1) is 0 Å². The molecule has 0 aliphatic heterocycles. The molecule has 3 aromatic carbocycles. The summed E-state index contributed by atoms with van der Waals surface area (Å²) in [5, 5.41) is 4.97. The maximum absolute atomic E-state index is 14.7. The summed E-state index contributed by atoms with van der Waals surface area (Å²) >= 11 is 0. The first kappa shape index (κ1) is 29.4. The van der Waals surface area contributed by atoms with E-state index in [2.05, 4.69) is 15.1 Å². The standard InChI is InChI=1S/C28H22F4N6O4S/c1-37(28(39)18-20(29)21(30)22(31)23(32)25(18)43(2,40)41)12-13-38-27-19(26(33)34-14-35-27)24(36-38)15-8-10-17(11-9-15)42-16-6-4-3-5-7-16/h3-11,14H,12-13H2,1-2H3,(H2,33,34,35). The van der Waals surface area contributed by atoms with Crippen molar-refractivity contribution >= 4 is 32.6 Å². The van der Waals surface area contributed by atoms with Crippen LogP contribution in [0.5, 0.6) is 11.5 Å². The lowest BCUT2D eigenvalue weighted by atomic mass is 10.1. The number of carbonyl (C=O) groups excluding carboxylic acids is 1. The van der Waals surface area contributed by atoms with Gasteiger partial charge in [0, 0.05) is 25.4 Å². The van der Waals surface area contributed by atoms with Gasteiger partial charge in [0.15, 0.2) is 38.8 Å². The molecule has 10 nitrogen and oxygen atoms in total. The van der Waals surface area contributed by atoms with Crippen LogP contribution in [0, 0.1) is 23.3 Å². The van der Waals surface area contributed by atoms with Crippen LogP contribution in [0.4, 0.5) is 23.4 Å². The molecule has 0 fully saturated rings. The molecule has 2 aromatic heterocycles. The molecule has 15 heteroatoms. The summed E-state index contributed by atoms with van der Waals surface area (Å²) in [6, 6.07) is 16.1. The first-order valence-electron chi connectivity index (χ1n) is 12.5. The van der Waals surface area contributed by atoms with E-state index in [1.165, 1.54) is 11.0 Å². The lowest BCUT2D eigenvalue weighted by Crippen LogP contribution is -2.33. The number of sulfone groups is 1. The van der Waals surface area contributed by atoms with Gasteiger partial charge in [0.05, 0.1) is 11.9 Å². The number of ether oxygens (including phenoxy) is 1. The average Bonchev–Trinajstić information content (AvgIpc) is 3.36. The lowest BCUT2D eigenvalue weighted by molar-refractivity contribution is 0.0777. The van der Waals surface area contributed by atoms with Crippen LogP contribution in [0.25, 0.3) is 22.3 Å². The van der Waals surface area contributed by atoms with Crippen molar-refractivity contribution in [3.63, 3.8) is 0 Å². The molecule has 0 unspecified atom stereocenters. The number of benzene rings is 3. The van der Waals surface area contributed by atoms with E-state index in [0.29, 0.717) is 34.4 Å². The van der Waals surface area contributed by atoms with Gasteiger partial charge in [0.1, 0.15) is 39.8 Å². The minimum absolute atomic E-state index is 0.0909. The molecule has 0 saturated heterocycles. The Balaban J connectivity index is 1.44. The first-order chi connectivity index (χ1) is 20.4. The zero-order chi connectivity index (χ0) is 31.1. The monoisotopic (exact) mass is 614 g/mol. The highest BCUT2D eigenvalue weighted by molar-refractivity contribution is 7.90. The predicted octanol–water partition coefficient (Wildman–Crippen LogP) is 4.60. The molecule has 0 bridgehead atoms. The van der Waals surface area contributed by atoms with E-state index >= 15 is 0 Å². The Morgan fingerprint density at radius 2 is 1.56 bits per heavy atom. The molecule has 0 atom stereocenters. The number of likely N-dealkylation sites (N-methyl/N-ethyl adjacent to an activating group) is 1. The SMILES string of the molecule is CN(CCn1nc(-c2ccc(Oc3ccccc3)cc2)c2c(N)ncnc21)C(=O)c1c(F)c(F)c(F)c(F)c1S(C)(=O)=O. The van der Waals surface area contributed by atoms with Crippen molar-refractivity contribution in [2.75, 3.05) is 25.6 Å². The molecule has 0 spiro atoms. The van der Waals surface area contributed by atoms with Gasteiger partial charge in [0.25, 0.3) is 5.91 Å². The molecule has 43 heavy (non-hydrogen) atoms. The van der Waals surface area contributed by atoms with Crippen molar-refractivity contribution in [3.05, 3.63) is 89.8 Å². The number of hydrogen-bond acceptors (Lipinski definition) is 8. The summed E-state index contributed by atoms with van der Waals surface area (Å²) in [7, 11) is -3.53. The van der Waals surface area contributed by atoms with E-state index < -0.39 is 49.5 Å². The second-order valence-corrected chi connectivity index (χ2v) is 11.4. The topological polar surface area (TPSA) is 133 Å². The van der Waals surface area contributed by atoms with Crippen LogP contribution in [0.3, 0.4) is 0 Å². The van der Waals surface area contributed by atoms with E-state index in [9.17, 15) is 30.8 Å². The van der Waals surface area contributed by atoms with Crippen molar-refractivity contribution in [2.24, 2.45) is 0 Å². The minimum Gasteiger partial charge on any atom is -0.457 e. The number of nitrogens with zero attached hydrogens (tertiary/aromatic N) is 5. The number of nitrogens with two attached hydrogens (primary N) is 1. The number of aromatic nitrogens is 4. The molecular weight excluding hydrogens is 592 g/mol. The normalized spacial score (nSPS) is 11.6. The van der Waals surface area contributed by atoms with E-state index in [1.54, 1.807) is 24.3 Å². The van der Waals surface area contributed by atoms with E-state index in [-0.39, 0.29) is 24.6 Å². The fourth-order valence-electron chi connectivity index (χ4n) is 4.38. The molecule has 0 saturated carbocycles. The Morgan fingerprint density at radius 1 is 0.930 bits per heavy atom. The van der Waals surface area contributed by atoms with Crippen LogP contribution in [0.1, 0.15) is 10.4 Å². The fourth-order valence-corrected chi connectivity index (χ4v) is 5.34. The largest absolute Gasteiger partial charge is 0.457 e. The molecule has 2 heterocycles. The number of rotatable bonds is 8. The summed E-state index contributed by atoms with van der Waals surface area (Å²) in [5.74, 6) is -9.01. The summed E-state index contributed by atoms with van der Waals surface area (Å²) in [4.78, 5) is 20.6. The Hall–Kier alpha value is -5.05. The summed E-state index contributed by atoms with van der Waals surface area (Å²) in [6.07, 6.45) is 1.66. The third-order valence-electron chi connectivity index (χ3n) is 6.47. The maximum atomic E-state index is 14.7. The Labute approximate surface area is 242 Å². The lowest BCUT2D eigenvalue weighted by Gasteiger charge is -2.20. The Morgan fingerprint density at radius 3 is 2.21 bits per heavy atom. The number of carbonyl (C=O) groups is 1. The van der Waals surface area contributed by atoms with E-state index in [0.717, 1.165) is 11.9 Å². The van der Waals surface area contributed by atoms with Gasteiger partial charge in [0.2, 0.25) is 0 Å². The molecule has 0 aliphatic carbocycles. The summed E-state index contributed by atoms with van der Waals surface area (Å²) in [6.45, 7) is -0.349. The van der Waals surface area contributed by atoms with Crippen LogP contribution in [-0.2, 0) is 16.4 Å². The number of hydrogen-bond donors (Lipinski definition) is 1. The van der Waals surface area contributed by atoms with Crippen LogP contribution in [0.2, 0.25) is 0 Å². The van der Waals surface area contributed by atoms with Gasteiger partial charge in [-0.25, -0.2) is 40.6 Å². The molecule has 5 aromatic rings. The summed E-state index contributed by atoms with van der Waals surface area (Å²) in [5.41, 5.74) is 6.02. The smallest absolute Gasteiger partial charge is 0.258 e. The molecule has 5 rings (SSSR count). The van der Waals surface area contributed by atoms with Gasteiger partial charge >= 0.3 is 0 Å². The van der Waals surface area contributed by atoms with Gasteiger partial charge < -0.3 is 15.4 Å². The number of para-hydroxylation sites is 1. The van der Waals surface area contributed by atoms with Crippen molar-refractivity contribution < 1.29 is 35.5 Å². The predicted molar refractivity (Wildman–Crippen MR) is 148 cm³/mol. The van der Waals surface area contributed by atoms with Gasteiger partial charge in [-0.2, -0.15) is 5.10 Å². The third kappa shape index (κ3) is 5.58. The van der Waals surface area contributed by atoms with Crippen LogP contribution >= 0.6 is 0 Å². The van der Waals surface area contributed by atoms with Crippen molar-refractivity contribution in [1.29, 1.82) is 0 Å². The fraction of sp³-hybridized carbons (Fsp3) is 0.143. The second kappa shape index (κ2) is 11.3. The molecule has 0 radical (unpaired) electrons. The first-order valence-corrected chi connectivity index (χ1v) is 14.4. The van der Waals surface area contributed by atoms with Gasteiger partial charge in [-0.05, 0) is 36.4 Å². The zero-order valence-corrected chi connectivity index (χ0v) is 23.4. The molecule has 222 valence electrons. The highest BCUT2D eigenvalue weighted by Gasteiger charge is 2.35. The van der Waals surface area contributed by atoms with Crippen molar-refractivity contribution in [1.82, 2.24) is 24.6 Å². The second-order valence-electron chi connectivity index (χ2n) is 9.43.